The number of hydrogen-bond donors (Lipinski definition) is 4. The lowest BCUT2D eigenvalue weighted by Gasteiger charge is -2.38. The van der Waals surface area contributed by atoms with Gasteiger partial charge >= 0.3 is 5.97 Å². The van der Waals surface area contributed by atoms with E-state index in [0.717, 1.165) is 23.8 Å². The summed E-state index contributed by atoms with van der Waals surface area (Å²) >= 11 is 0. The average Bonchev–Trinajstić information content (AvgIpc) is 3.57. The van der Waals surface area contributed by atoms with Gasteiger partial charge in [0, 0.05) is 50.4 Å². The molecule has 12 heteroatoms. The van der Waals surface area contributed by atoms with Crippen molar-refractivity contribution in [3.63, 3.8) is 0 Å². The van der Waals surface area contributed by atoms with Gasteiger partial charge in [0.25, 0.3) is 11.8 Å². The highest BCUT2D eigenvalue weighted by atomic mass is 19.3. The minimum absolute atomic E-state index is 0.0146. The Labute approximate surface area is 239 Å². The van der Waals surface area contributed by atoms with E-state index in [4.69, 9.17) is 16.6 Å². The zero-order valence-electron chi connectivity index (χ0n) is 23.0. The summed E-state index contributed by atoms with van der Waals surface area (Å²) < 4.78 is 62.8. The van der Waals surface area contributed by atoms with E-state index in [9.17, 15) is 9.90 Å². The van der Waals surface area contributed by atoms with E-state index < -0.39 is 47.9 Å². The minimum atomic E-state index is -3.84. The third-order valence-corrected chi connectivity index (χ3v) is 8.84. The number of hydrogen-bond acceptors (Lipinski definition) is 6. The second-order valence-corrected chi connectivity index (χ2v) is 11.0. The molecule has 2 bridgehead atoms. The summed E-state index contributed by atoms with van der Waals surface area (Å²) in [5, 5.41) is 16.7. The largest absolute Gasteiger partial charge is 0.481 e. The molecule has 0 saturated heterocycles. The number of nitrogens with zero attached hydrogens (tertiary/aromatic N) is 3. The molecular formula is C30H31F4N5O3. The lowest BCUT2D eigenvalue weighted by Crippen LogP contribution is -2.51. The molecule has 0 radical (unpaired) electrons. The Hall–Kier alpha value is -4.03. The molecule has 2 aliphatic carbocycles. The number of aromatic nitrogens is 3. The molecule has 2 aromatic carbocycles. The molecule has 6 N–H and O–H groups in total. The lowest BCUT2D eigenvalue weighted by molar-refractivity contribution is -0.197. The number of imidazole rings is 1. The second-order valence-electron chi connectivity index (χ2n) is 11.0. The standard InChI is InChI=1S/C29H27F4N5O2.CH4O/c1-16(20-4-2-3-17(11-20)12-34)18-5-7-19(8-6-18)21-22-23(35)36-9-10-38(22)24(37-21)26-13-27(25(39)40,15-28(26,30)31)29(32,33)14-26;1-2/h2-11,16H,12-15,34H2,1H3,(H2,35,36)(H,39,40);2H,1H3/t16-,26?,27?;/m0./s1. The number of carbonyl (C=O) groups is 1. The number of halogens is 4. The molecule has 2 heterocycles. The Morgan fingerprint density at radius 2 is 1.71 bits per heavy atom. The topological polar surface area (TPSA) is 140 Å². The molecule has 2 unspecified atom stereocenters. The van der Waals surface area contributed by atoms with Crippen molar-refractivity contribution in [2.75, 3.05) is 12.8 Å². The number of nitrogen functional groups attached to an aromatic ring is 1. The van der Waals surface area contributed by atoms with E-state index in [2.05, 4.69) is 9.97 Å². The zero-order valence-corrected chi connectivity index (χ0v) is 23.0. The fourth-order valence-electron chi connectivity index (χ4n) is 6.60. The molecule has 2 saturated carbocycles. The van der Waals surface area contributed by atoms with Crippen LogP contribution in [0.15, 0.2) is 60.9 Å². The first-order valence-corrected chi connectivity index (χ1v) is 13.3. The van der Waals surface area contributed by atoms with Crippen LogP contribution in [0.3, 0.4) is 0 Å². The molecule has 0 spiro atoms. The first-order valence-electron chi connectivity index (χ1n) is 13.3. The van der Waals surface area contributed by atoms with Crippen LogP contribution in [-0.4, -0.2) is 49.5 Å². The van der Waals surface area contributed by atoms with Crippen molar-refractivity contribution in [1.82, 2.24) is 14.4 Å². The van der Waals surface area contributed by atoms with Crippen LogP contribution in [0.1, 0.15) is 54.6 Å². The Kier molecular flexibility index (Phi) is 7.05. The number of carboxylic acids is 1. The number of rotatable bonds is 6. The molecule has 2 aromatic heterocycles. The highest BCUT2D eigenvalue weighted by Crippen LogP contribution is 2.73. The summed E-state index contributed by atoms with van der Waals surface area (Å²) in [6.45, 7) is 2.47. The van der Waals surface area contributed by atoms with Crippen LogP contribution in [0.25, 0.3) is 16.8 Å². The van der Waals surface area contributed by atoms with Crippen LogP contribution < -0.4 is 11.5 Å². The van der Waals surface area contributed by atoms with Gasteiger partial charge in [-0.05, 0) is 23.1 Å². The van der Waals surface area contributed by atoms with Crippen LogP contribution >= 0.6 is 0 Å². The molecule has 222 valence electrons. The number of aliphatic carboxylic acids is 1. The molecule has 6 rings (SSSR count). The summed E-state index contributed by atoms with van der Waals surface area (Å²) in [7, 11) is 1.00. The van der Waals surface area contributed by atoms with E-state index in [1.54, 1.807) is 12.1 Å². The van der Waals surface area contributed by atoms with Gasteiger partial charge < -0.3 is 21.7 Å². The number of carboxylic acid groups (broad SMARTS) is 1. The quantitative estimate of drug-likeness (QED) is 0.234. The van der Waals surface area contributed by atoms with Crippen LogP contribution in [-0.2, 0) is 16.8 Å². The van der Waals surface area contributed by atoms with Crippen molar-refractivity contribution in [3.8, 4) is 11.3 Å². The van der Waals surface area contributed by atoms with E-state index in [-0.39, 0.29) is 28.8 Å². The predicted molar refractivity (Wildman–Crippen MR) is 148 cm³/mol. The lowest BCUT2D eigenvalue weighted by atomic mass is 9.76. The number of aliphatic hydroxyl groups is 1. The number of benzene rings is 2. The van der Waals surface area contributed by atoms with Gasteiger partial charge in [-0.2, -0.15) is 0 Å². The summed E-state index contributed by atoms with van der Waals surface area (Å²) in [6, 6.07) is 15.2. The molecule has 42 heavy (non-hydrogen) atoms. The first-order chi connectivity index (χ1) is 19.9. The maximum Gasteiger partial charge on any atom is 0.316 e. The number of alkyl halides is 4. The van der Waals surface area contributed by atoms with Crippen LogP contribution in [0.5, 0.6) is 0 Å². The van der Waals surface area contributed by atoms with Gasteiger partial charge in [-0.25, -0.2) is 27.5 Å². The van der Waals surface area contributed by atoms with Crippen LogP contribution in [0, 0.1) is 5.41 Å². The van der Waals surface area contributed by atoms with Gasteiger partial charge in [0.15, 0.2) is 0 Å². The summed E-state index contributed by atoms with van der Waals surface area (Å²) in [5.41, 5.74) is 10.6. The monoisotopic (exact) mass is 585 g/mol. The maximum atomic E-state index is 15.6. The summed E-state index contributed by atoms with van der Waals surface area (Å²) in [6.07, 6.45) is -1.11. The van der Waals surface area contributed by atoms with E-state index in [1.165, 1.54) is 16.8 Å². The molecule has 4 aromatic rings. The fraction of sp³-hybridized carbons (Fsp3) is 0.367. The molecule has 2 aliphatic rings. The van der Waals surface area contributed by atoms with Gasteiger partial charge in [-0.15, -0.1) is 0 Å². The Bertz CT molecular complexity index is 1660. The zero-order chi connectivity index (χ0) is 30.7. The van der Waals surface area contributed by atoms with Crippen molar-refractivity contribution < 1.29 is 32.6 Å². The van der Waals surface area contributed by atoms with E-state index in [0.29, 0.717) is 12.1 Å². The average molecular weight is 586 g/mol. The van der Waals surface area contributed by atoms with Crippen molar-refractivity contribution in [2.24, 2.45) is 11.1 Å². The van der Waals surface area contributed by atoms with Gasteiger partial charge in [0.05, 0.1) is 5.41 Å². The van der Waals surface area contributed by atoms with Gasteiger partial charge in [-0.3, -0.25) is 9.20 Å². The van der Waals surface area contributed by atoms with Crippen molar-refractivity contribution in [1.29, 1.82) is 0 Å². The first kappa shape index (κ1) is 29.5. The van der Waals surface area contributed by atoms with Crippen molar-refractivity contribution in [2.45, 2.75) is 55.9 Å². The molecule has 8 nitrogen and oxygen atoms in total. The summed E-state index contributed by atoms with van der Waals surface area (Å²) in [5.74, 6) is -9.83. The minimum Gasteiger partial charge on any atom is -0.481 e. The Balaban J connectivity index is 0.00000173. The highest BCUT2D eigenvalue weighted by Gasteiger charge is 2.84. The smallest absolute Gasteiger partial charge is 0.316 e. The number of fused-ring (bicyclic) bond motifs is 3. The number of anilines is 1. The van der Waals surface area contributed by atoms with E-state index in [1.807, 2.05) is 43.3 Å². The van der Waals surface area contributed by atoms with Gasteiger partial charge in [-0.1, -0.05) is 55.5 Å². The third kappa shape index (κ3) is 4.07. The normalized spacial score (nSPS) is 24.3. The van der Waals surface area contributed by atoms with Crippen LogP contribution in [0.4, 0.5) is 23.4 Å². The van der Waals surface area contributed by atoms with Crippen molar-refractivity contribution >= 4 is 17.3 Å². The Morgan fingerprint density at radius 3 is 2.33 bits per heavy atom. The number of nitrogens with two attached hydrogens (primary N) is 2. The van der Waals surface area contributed by atoms with E-state index >= 15 is 17.6 Å². The summed E-state index contributed by atoms with van der Waals surface area (Å²) in [4.78, 5) is 20.5. The SMILES string of the molecule is CO.C[C@@H](c1ccc(-c2nc(C34CC(F)(F)C(C(=O)O)(CC3(F)F)C4)n3ccnc(N)c23)cc1)c1cccc(CN)c1. The number of aliphatic hydroxyl groups excluding tert-OH is 1. The molecule has 0 amide bonds. The molecule has 2 fully saturated rings. The third-order valence-electron chi connectivity index (χ3n) is 8.84. The van der Waals surface area contributed by atoms with Crippen LogP contribution in [0.2, 0.25) is 0 Å². The molecule has 3 atom stereocenters. The fourth-order valence-corrected chi connectivity index (χ4v) is 6.60. The molecular weight excluding hydrogens is 554 g/mol. The maximum absolute atomic E-state index is 15.6. The predicted octanol–water partition coefficient (Wildman–Crippen LogP) is 4.97. The van der Waals surface area contributed by atoms with Crippen molar-refractivity contribution in [3.05, 3.63) is 83.4 Å². The highest BCUT2D eigenvalue weighted by molar-refractivity contribution is 5.86. The second kappa shape index (κ2) is 10.1. The van der Waals surface area contributed by atoms with Gasteiger partial charge in [0.2, 0.25) is 0 Å². The van der Waals surface area contributed by atoms with Gasteiger partial charge in [0.1, 0.15) is 28.3 Å². The molecule has 0 aliphatic heterocycles. The Morgan fingerprint density at radius 1 is 1.02 bits per heavy atom.